The number of benzene rings is 1. The molecule has 1 saturated carbocycles. The van der Waals surface area contributed by atoms with Crippen LogP contribution in [0, 0.1) is 0 Å². The van der Waals surface area contributed by atoms with Gasteiger partial charge in [-0.1, -0.05) is 18.2 Å². The van der Waals surface area contributed by atoms with Crippen molar-refractivity contribution >= 4 is 5.69 Å². The third-order valence-corrected chi connectivity index (χ3v) is 3.33. The number of hydrogen-bond acceptors (Lipinski definition) is 3. The largest absolute Gasteiger partial charge is 0.398 e. The second-order valence-corrected chi connectivity index (χ2v) is 4.59. The van der Waals surface area contributed by atoms with Crippen LogP contribution in [0.3, 0.4) is 0 Å². The number of nitrogens with two attached hydrogens (primary N) is 1. The molecule has 0 saturated heterocycles. The highest BCUT2D eigenvalue weighted by Crippen LogP contribution is 2.19. The first-order chi connectivity index (χ1) is 7.75. The summed E-state index contributed by atoms with van der Waals surface area (Å²) in [4.78, 5) is 0. The lowest BCUT2D eigenvalue weighted by Crippen LogP contribution is -2.34. The first-order valence-corrected chi connectivity index (χ1v) is 6.00. The molecule has 0 spiro atoms. The third kappa shape index (κ3) is 2.97. The van der Waals surface area contributed by atoms with Crippen molar-refractivity contribution < 1.29 is 5.11 Å². The lowest BCUT2D eigenvalue weighted by molar-refractivity contribution is 0.116. The van der Waals surface area contributed by atoms with E-state index in [1.165, 1.54) is 0 Å². The Morgan fingerprint density at radius 1 is 1.19 bits per heavy atom. The van der Waals surface area contributed by atoms with Crippen molar-refractivity contribution in [3.8, 4) is 0 Å². The zero-order chi connectivity index (χ0) is 11.4. The summed E-state index contributed by atoms with van der Waals surface area (Å²) in [6.45, 7) is 0.827. The Balaban J connectivity index is 1.81. The van der Waals surface area contributed by atoms with Gasteiger partial charge in [0.2, 0.25) is 0 Å². The Kier molecular flexibility index (Phi) is 3.80. The number of hydrogen-bond donors (Lipinski definition) is 3. The van der Waals surface area contributed by atoms with Crippen LogP contribution in [0.5, 0.6) is 0 Å². The van der Waals surface area contributed by atoms with E-state index in [4.69, 9.17) is 5.73 Å². The van der Waals surface area contributed by atoms with E-state index in [0.717, 1.165) is 43.5 Å². The van der Waals surface area contributed by atoms with Gasteiger partial charge in [-0.2, -0.15) is 0 Å². The van der Waals surface area contributed by atoms with Gasteiger partial charge < -0.3 is 16.2 Å². The van der Waals surface area contributed by atoms with Crippen molar-refractivity contribution in [2.45, 2.75) is 44.4 Å². The highest BCUT2D eigenvalue weighted by molar-refractivity contribution is 5.46. The van der Waals surface area contributed by atoms with Crippen molar-refractivity contribution in [2.24, 2.45) is 0 Å². The normalized spacial score (nSPS) is 25.6. The molecule has 1 fully saturated rings. The molecule has 1 aromatic carbocycles. The van der Waals surface area contributed by atoms with Gasteiger partial charge in [-0.15, -0.1) is 0 Å². The monoisotopic (exact) mass is 220 g/mol. The standard InChI is InChI=1S/C13H20N2O/c14-13-4-2-1-3-10(13)9-15-11-5-7-12(16)8-6-11/h1-4,11-12,15-16H,5-9,14H2/t11-,12-. The molecular weight excluding hydrogens is 200 g/mol. The van der Waals surface area contributed by atoms with E-state index in [0.29, 0.717) is 6.04 Å². The molecule has 1 aliphatic carbocycles. The second-order valence-electron chi connectivity index (χ2n) is 4.59. The number of para-hydroxylation sites is 1. The molecule has 2 rings (SSSR count). The molecule has 0 radical (unpaired) electrons. The number of aliphatic hydroxyl groups excluding tert-OH is 1. The lowest BCUT2D eigenvalue weighted by Gasteiger charge is -2.26. The van der Waals surface area contributed by atoms with Gasteiger partial charge in [0, 0.05) is 18.3 Å². The van der Waals surface area contributed by atoms with Crippen molar-refractivity contribution in [3.63, 3.8) is 0 Å². The van der Waals surface area contributed by atoms with Crippen LogP contribution in [0.4, 0.5) is 5.69 Å². The number of nitrogens with one attached hydrogen (secondary N) is 1. The summed E-state index contributed by atoms with van der Waals surface area (Å²) in [6, 6.07) is 8.48. The molecule has 1 aliphatic rings. The summed E-state index contributed by atoms with van der Waals surface area (Å²) in [6.07, 6.45) is 3.88. The summed E-state index contributed by atoms with van der Waals surface area (Å²) in [5.41, 5.74) is 7.89. The molecule has 3 nitrogen and oxygen atoms in total. The maximum Gasteiger partial charge on any atom is 0.0541 e. The minimum absolute atomic E-state index is 0.0835. The predicted molar refractivity (Wildman–Crippen MR) is 66.0 cm³/mol. The van der Waals surface area contributed by atoms with E-state index in [1.807, 2.05) is 18.2 Å². The molecule has 16 heavy (non-hydrogen) atoms. The quantitative estimate of drug-likeness (QED) is 0.679. The highest BCUT2D eigenvalue weighted by Gasteiger charge is 2.18. The minimum atomic E-state index is -0.0835. The van der Waals surface area contributed by atoms with Gasteiger partial charge in [0.15, 0.2) is 0 Å². The fourth-order valence-electron chi connectivity index (χ4n) is 2.23. The molecule has 0 aliphatic heterocycles. The fourth-order valence-corrected chi connectivity index (χ4v) is 2.23. The molecule has 0 bridgehead atoms. The van der Waals surface area contributed by atoms with E-state index in [2.05, 4.69) is 11.4 Å². The summed E-state index contributed by atoms with van der Waals surface area (Å²) in [5, 5.41) is 12.9. The number of rotatable bonds is 3. The number of anilines is 1. The van der Waals surface area contributed by atoms with E-state index in [9.17, 15) is 5.11 Å². The topological polar surface area (TPSA) is 58.3 Å². The zero-order valence-electron chi connectivity index (χ0n) is 9.52. The Labute approximate surface area is 96.7 Å². The molecule has 0 amide bonds. The van der Waals surface area contributed by atoms with Crippen LogP contribution in [0.25, 0.3) is 0 Å². The molecule has 0 atom stereocenters. The summed E-state index contributed by atoms with van der Waals surface area (Å²) >= 11 is 0. The van der Waals surface area contributed by atoms with Crippen molar-refractivity contribution in [3.05, 3.63) is 29.8 Å². The summed E-state index contributed by atoms with van der Waals surface area (Å²) < 4.78 is 0. The zero-order valence-corrected chi connectivity index (χ0v) is 9.52. The molecule has 88 valence electrons. The fraction of sp³-hybridized carbons (Fsp3) is 0.538. The Morgan fingerprint density at radius 2 is 1.88 bits per heavy atom. The minimum Gasteiger partial charge on any atom is -0.398 e. The maximum atomic E-state index is 9.41. The van der Waals surface area contributed by atoms with E-state index < -0.39 is 0 Å². The lowest BCUT2D eigenvalue weighted by atomic mass is 9.93. The van der Waals surface area contributed by atoms with E-state index in [1.54, 1.807) is 0 Å². The first-order valence-electron chi connectivity index (χ1n) is 6.00. The molecule has 0 heterocycles. The van der Waals surface area contributed by atoms with Gasteiger partial charge in [0.25, 0.3) is 0 Å². The molecular formula is C13H20N2O. The van der Waals surface area contributed by atoms with Gasteiger partial charge in [-0.3, -0.25) is 0 Å². The van der Waals surface area contributed by atoms with Crippen molar-refractivity contribution in [2.75, 3.05) is 5.73 Å². The molecule has 0 aromatic heterocycles. The average molecular weight is 220 g/mol. The van der Waals surface area contributed by atoms with Crippen molar-refractivity contribution in [1.29, 1.82) is 0 Å². The van der Waals surface area contributed by atoms with Crippen LogP contribution >= 0.6 is 0 Å². The SMILES string of the molecule is Nc1ccccc1CN[C@H]1CC[C@H](O)CC1. The van der Waals surface area contributed by atoms with Gasteiger partial charge in [0.05, 0.1) is 6.10 Å². The number of nitrogen functional groups attached to an aromatic ring is 1. The van der Waals surface area contributed by atoms with E-state index in [-0.39, 0.29) is 6.10 Å². The van der Waals surface area contributed by atoms with Crippen LogP contribution in [0.2, 0.25) is 0 Å². The van der Waals surface area contributed by atoms with E-state index >= 15 is 0 Å². The van der Waals surface area contributed by atoms with Crippen LogP contribution in [0.15, 0.2) is 24.3 Å². The predicted octanol–water partition coefficient (Wildman–Crippen LogP) is 1.66. The van der Waals surface area contributed by atoms with Gasteiger partial charge in [-0.05, 0) is 37.3 Å². The Hall–Kier alpha value is -1.06. The molecule has 3 heteroatoms. The Morgan fingerprint density at radius 3 is 2.56 bits per heavy atom. The molecule has 0 unspecified atom stereocenters. The second kappa shape index (κ2) is 5.32. The van der Waals surface area contributed by atoms with Crippen LogP contribution < -0.4 is 11.1 Å². The summed E-state index contributed by atoms with van der Waals surface area (Å²) in [7, 11) is 0. The summed E-state index contributed by atoms with van der Waals surface area (Å²) in [5.74, 6) is 0. The van der Waals surface area contributed by atoms with Gasteiger partial charge >= 0.3 is 0 Å². The number of aliphatic hydroxyl groups is 1. The van der Waals surface area contributed by atoms with Crippen LogP contribution in [-0.2, 0) is 6.54 Å². The average Bonchev–Trinajstić information content (AvgIpc) is 2.30. The van der Waals surface area contributed by atoms with Gasteiger partial charge in [-0.25, -0.2) is 0 Å². The maximum absolute atomic E-state index is 9.41. The smallest absolute Gasteiger partial charge is 0.0541 e. The first kappa shape index (κ1) is 11.4. The Bertz CT molecular complexity index is 332. The third-order valence-electron chi connectivity index (χ3n) is 3.33. The van der Waals surface area contributed by atoms with Gasteiger partial charge in [0.1, 0.15) is 0 Å². The highest BCUT2D eigenvalue weighted by atomic mass is 16.3. The molecule has 1 aromatic rings. The van der Waals surface area contributed by atoms with Crippen LogP contribution in [-0.4, -0.2) is 17.3 Å². The van der Waals surface area contributed by atoms with Crippen LogP contribution in [0.1, 0.15) is 31.2 Å². The van der Waals surface area contributed by atoms with Crippen molar-refractivity contribution in [1.82, 2.24) is 5.32 Å². The molecule has 4 N–H and O–H groups in total.